The molecule has 1 aliphatic heterocycles. The van der Waals surface area contributed by atoms with Gasteiger partial charge in [-0.1, -0.05) is 0 Å². The Labute approximate surface area is 184 Å². The highest BCUT2D eigenvalue weighted by atomic mass is 79.9. The molecule has 8 heteroatoms. The molecule has 1 aliphatic carbocycles. The summed E-state index contributed by atoms with van der Waals surface area (Å²) in [6.45, 7) is 7.01. The molecule has 1 aromatic heterocycles. The van der Waals surface area contributed by atoms with Crippen LogP contribution < -0.4 is 5.56 Å². The van der Waals surface area contributed by atoms with Crippen LogP contribution in [0.2, 0.25) is 0 Å². The van der Waals surface area contributed by atoms with E-state index in [1.165, 1.54) is 6.07 Å². The Morgan fingerprint density at radius 2 is 1.97 bits per heavy atom. The number of amides is 1. The third-order valence-electron chi connectivity index (χ3n) is 6.41. The summed E-state index contributed by atoms with van der Waals surface area (Å²) in [6, 6.07) is 3.27. The van der Waals surface area contributed by atoms with Gasteiger partial charge in [0.05, 0.1) is 21.7 Å². The third-order valence-corrected chi connectivity index (χ3v) is 7.22. The Hall–Kier alpha value is -2.09. The molecule has 2 aliphatic rings. The molecular weight excluding hydrogens is 450 g/mol. The molecule has 7 nitrogen and oxygen atoms in total. The Kier molecular flexibility index (Phi) is 5.33. The van der Waals surface area contributed by atoms with Crippen LogP contribution in [-0.4, -0.2) is 44.3 Å². The zero-order valence-electron chi connectivity index (χ0n) is 17.7. The number of nitrogens with zero attached hydrogens (tertiary/aromatic N) is 3. The lowest BCUT2D eigenvalue weighted by atomic mass is 9.77. The van der Waals surface area contributed by atoms with E-state index in [0.29, 0.717) is 28.5 Å². The second-order valence-corrected chi connectivity index (χ2v) is 10.4. The quantitative estimate of drug-likeness (QED) is 0.648. The lowest BCUT2D eigenvalue weighted by molar-refractivity contribution is 0.0103. The second kappa shape index (κ2) is 7.55. The molecular formula is C22H28BrN3O4. The second-order valence-electron chi connectivity index (χ2n) is 9.61. The average molecular weight is 478 g/mol. The molecule has 1 spiro atoms. The number of piperidine rings is 1. The number of aromatic nitrogens is 2. The number of carbonyl (C=O) groups is 1. The van der Waals surface area contributed by atoms with E-state index in [0.717, 1.165) is 32.1 Å². The first-order valence-electron chi connectivity index (χ1n) is 10.4. The lowest BCUT2D eigenvalue weighted by Crippen LogP contribution is -2.44. The zero-order chi connectivity index (χ0) is 21.7. The summed E-state index contributed by atoms with van der Waals surface area (Å²) < 4.78 is 7.62. The third kappa shape index (κ3) is 3.94. The van der Waals surface area contributed by atoms with Gasteiger partial charge < -0.3 is 14.7 Å². The van der Waals surface area contributed by atoms with Crippen molar-refractivity contribution in [1.29, 1.82) is 0 Å². The first-order chi connectivity index (χ1) is 14.1. The van der Waals surface area contributed by atoms with Gasteiger partial charge in [-0.05, 0) is 86.4 Å². The minimum Gasteiger partial charge on any atom is -0.507 e. The Morgan fingerprint density at radius 3 is 2.63 bits per heavy atom. The van der Waals surface area contributed by atoms with Crippen molar-refractivity contribution >= 4 is 32.9 Å². The number of rotatable bonds is 1. The van der Waals surface area contributed by atoms with Gasteiger partial charge in [-0.2, -0.15) is 0 Å². The van der Waals surface area contributed by atoms with Crippen LogP contribution in [0.15, 0.2) is 27.7 Å². The number of benzene rings is 1. The number of phenolic OH excluding ortho intramolecular Hbond substituents is 1. The molecule has 1 N–H and O–H groups in total. The SMILES string of the molecule is CC(C)(C)OC(=O)N1CCC2(CCC(n3cnc4ccc(O)c(Br)c4c3=O)C2)CC1. The molecule has 30 heavy (non-hydrogen) atoms. The van der Waals surface area contributed by atoms with Crippen molar-refractivity contribution in [3.8, 4) is 5.75 Å². The number of hydrogen-bond acceptors (Lipinski definition) is 5. The number of halogens is 1. The highest BCUT2D eigenvalue weighted by molar-refractivity contribution is 9.10. The number of aromatic hydroxyl groups is 1. The van der Waals surface area contributed by atoms with E-state index < -0.39 is 5.60 Å². The summed E-state index contributed by atoms with van der Waals surface area (Å²) in [4.78, 5) is 31.7. The van der Waals surface area contributed by atoms with E-state index in [-0.39, 0.29) is 28.9 Å². The van der Waals surface area contributed by atoms with Crippen molar-refractivity contribution in [1.82, 2.24) is 14.5 Å². The molecule has 2 heterocycles. The van der Waals surface area contributed by atoms with Gasteiger partial charge in [0.2, 0.25) is 0 Å². The predicted octanol–water partition coefficient (Wildman–Crippen LogP) is 4.61. The summed E-state index contributed by atoms with van der Waals surface area (Å²) >= 11 is 3.33. The van der Waals surface area contributed by atoms with Crippen LogP contribution in [0.5, 0.6) is 5.75 Å². The van der Waals surface area contributed by atoms with Gasteiger partial charge in [-0.15, -0.1) is 0 Å². The fraction of sp³-hybridized carbons (Fsp3) is 0.591. The van der Waals surface area contributed by atoms with Crippen molar-refractivity contribution in [3.63, 3.8) is 0 Å². The van der Waals surface area contributed by atoms with Gasteiger partial charge in [0, 0.05) is 19.1 Å². The average Bonchev–Trinajstić information content (AvgIpc) is 3.07. The van der Waals surface area contributed by atoms with E-state index in [4.69, 9.17) is 4.74 Å². The molecule has 1 atom stereocenters. The summed E-state index contributed by atoms with van der Waals surface area (Å²) in [5.74, 6) is 0.0385. The first kappa shape index (κ1) is 21.2. The topological polar surface area (TPSA) is 84.7 Å². The first-order valence-corrected chi connectivity index (χ1v) is 11.2. The van der Waals surface area contributed by atoms with Crippen LogP contribution in [0.4, 0.5) is 4.79 Å². The largest absolute Gasteiger partial charge is 0.507 e. The van der Waals surface area contributed by atoms with Crippen molar-refractivity contribution < 1.29 is 14.6 Å². The number of ether oxygens (including phenoxy) is 1. The molecule has 1 aromatic carbocycles. The monoisotopic (exact) mass is 477 g/mol. The van der Waals surface area contributed by atoms with Crippen LogP contribution in [-0.2, 0) is 4.74 Å². The Balaban J connectivity index is 1.49. The van der Waals surface area contributed by atoms with Gasteiger partial charge in [0.25, 0.3) is 5.56 Å². The highest BCUT2D eigenvalue weighted by Crippen LogP contribution is 2.50. The van der Waals surface area contributed by atoms with Gasteiger partial charge in [0.1, 0.15) is 11.4 Å². The number of fused-ring (bicyclic) bond motifs is 1. The fourth-order valence-corrected chi connectivity index (χ4v) is 5.30. The summed E-state index contributed by atoms with van der Waals surface area (Å²) in [6.07, 6.45) is 6.08. The van der Waals surface area contributed by atoms with E-state index in [2.05, 4.69) is 20.9 Å². The molecule has 0 radical (unpaired) electrons. The molecule has 4 rings (SSSR count). The standard InChI is InChI=1S/C22H28BrN3O4/c1-21(2,3)30-20(29)25-10-8-22(9-11-25)7-6-14(12-22)26-13-24-15-4-5-16(27)18(23)17(15)19(26)28/h4-5,13-14,27H,6-12H2,1-3H3. The van der Waals surface area contributed by atoms with Crippen LogP contribution >= 0.6 is 15.9 Å². The molecule has 1 saturated heterocycles. The number of carbonyl (C=O) groups excluding carboxylic acids is 1. The molecule has 2 fully saturated rings. The van der Waals surface area contributed by atoms with Crippen molar-refractivity contribution in [3.05, 3.63) is 33.3 Å². The molecule has 1 saturated carbocycles. The maximum atomic E-state index is 13.1. The van der Waals surface area contributed by atoms with Gasteiger partial charge in [-0.3, -0.25) is 9.36 Å². The Bertz CT molecular complexity index is 1040. The molecule has 2 aromatic rings. The van der Waals surface area contributed by atoms with Crippen molar-refractivity contribution in [2.24, 2.45) is 5.41 Å². The number of hydrogen-bond donors (Lipinski definition) is 1. The summed E-state index contributed by atoms with van der Waals surface area (Å²) in [7, 11) is 0. The normalized spacial score (nSPS) is 21.3. The number of likely N-dealkylation sites (tertiary alicyclic amines) is 1. The van der Waals surface area contributed by atoms with Crippen LogP contribution in [0.25, 0.3) is 10.9 Å². The van der Waals surface area contributed by atoms with Crippen molar-refractivity contribution in [2.75, 3.05) is 13.1 Å². The molecule has 162 valence electrons. The van der Waals surface area contributed by atoms with Gasteiger partial charge >= 0.3 is 6.09 Å². The van der Waals surface area contributed by atoms with Gasteiger partial charge in [0.15, 0.2) is 0 Å². The van der Waals surface area contributed by atoms with E-state index in [1.807, 2.05) is 20.8 Å². The van der Waals surface area contributed by atoms with Gasteiger partial charge in [-0.25, -0.2) is 9.78 Å². The maximum absolute atomic E-state index is 13.1. The van der Waals surface area contributed by atoms with Crippen LogP contribution in [0.3, 0.4) is 0 Å². The molecule has 1 unspecified atom stereocenters. The van der Waals surface area contributed by atoms with E-state index in [9.17, 15) is 14.7 Å². The van der Waals surface area contributed by atoms with Crippen molar-refractivity contribution in [2.45, 2.75) is 64.5 Å². The minimum absolute atomic E-state index is 0.0385. The summed E-state index contributed by atoms with van der Waals surface area (Å²) in [5.41, 5.74) is 0.0981. The molecule has 1 amide bonds. The molecule has 0 bridgehead atoms. The maximum Gasteiger partial charge on any atom is 0.410 e. The predicted molar refractivity (Wildman–Crippen MR) is 118 cm³/mol. The highest BCUT2D eigenvalue weighted by Gasteiger charge is 2.43. The van der Waals surface area contributed by atoms with Crippen LogP contribution in [0.1, 0.15) is 58.9 Å². The zero-order valence-corrected chi connectivity index (χ0v) is 19.2. The van der Waals surface area contributed by atoms with Crippen LogP contribution in [0, 0.1) is 5.41 Å². The minimum atomic E-state index is -0.488. The van der Waals surface area contributed by atoms with E-state index in [1.54, 1.807) is 21.9 Å². The Morgan fingerprint density at radius 1 is 1.27 bits per heavy atom. The smallest absolute Gasteiger partial charge is 0.410 e. The summed E-state index contributed by atoms with van der Waals surface area (Å²) in [5, 5.41) is 10.4. The number of phenols is 1. The van der Waals surface area contributed by atoms with E-state index >= 15 is 0 Å². The fourth-order valence-electron chi connectivity index (χ4n) is 4.79. The lowest BCUT2D eigenvalue weighted by Gasteiger charge is -2.40.